The van der Waals surface area contributed by atoms with Crippen LogP contribution in [-0.4, -0.2) is 33.3 Å². The summed E-state index contributed by atoms with van der Waals surface area (Å²) in [4.78, 5) is 11.5. The molecule has 10 heteroatoms. The second kappa shape index (κ2) is 10.3. The molecule has 0 spiro atoms. The summed E-state index contributed by atoms with van der Waals surface area (Å²) in [5.41, 5.74) is 3.61. The quantitative estimate of drug-likeness (QED) is 0.242. The van der Waals surface area contributed by atoms with Gasteiger partial charge in [-0.05, 0) is 68.2 Å². The van der Waals surface area contributed by atoms with Crippen molar-refractivity contribution in [1.29, 1.82) is 0 Å². The summed E-state index contributed by atoms with van der Waals surface area (Å²) >= 11 is 0. The molecule has 2 aromatic heterocycles. The average Bonchev–Trinajstić information content (AvgIpc) is 3.60. The standard InChI is InChI=1S/C30H29F3N2O5/c1-35-15-23(29(36)37)21-13-10-19(14-25(21)35)17-8-11-20(12-9-17)38-16-24-27(34-40-28(24)18-6-7-18)22-4-2-3-5-26(22)39-30(31,32)33/h2-5,10,13-15,17-18,20H,6-9,11-12,16H2,1H3,(H,36,37). The lowest BCUT2D eigenvalue weighted by Gasteiger charge is -2.29. The minimum absolute atomic E-state index is 0.00472. The van der Waals surface area contributed by atoms with Crippen LogP contribution in [0, 0.1) is 0 Å². The molecule has 2 fully saturated rings. The molecule has 2 aliphatic carbocycles. The first-order valence-corrected chi connectivity index (χ1v) is 13.5. The van der Waals surface area contributed by atoms with Gasteiger partial charge in [-0.2, -0.15) is 0 Å². The summed E-state index contributed by atoms with van der Waals surface area (Å²) in [6, 6.07) is 11.9. The fraction of sp³-hybridized carbons (Fsp3) is 0.400. The predicted molar refractivity (Wildman–Crippen MR) is 140 cm³/mol. The zero-order chi connectivity index (χ0) is 28.0. The second-order valence-electron chi connectivity index (χ2n) is 10.7. The number of nitrogens with zero attached hydrogens (tertiary/aromatic N) is 2. The Morgan fingerprint density at radius 2 is 1.80 bits per heavy atom. The Morgan fingerprint density at radius 1 is 1.07 bits per heavy atom. The summed E-state index contributed by atoms with van der Waals surface area (Å²) in [7, 11) is 1.85. The van der Waals surface area contributed by atoms with Crippen LogP contribution in [0.4, 0.5) is 13.2 Å². The molecule has 4 aromatic rings. The van der Waals surface area contributed by atoms with Crippen molar-refractivity contribution >= 4 is 16.9 Å². The molecular formula is C30H29F3N2O5. The number of benzene rings is 2. The lowest BCUT2D eigenvalue weighted by Crippen LogP contribution is -2.21. The molecule has 0 radical (unpaired) electrons. The van der Waals surface area contributed by atoms with E-state index in [1.165, 1.54) is 17.7 Å². The van der Waals surface area contributed by atoms with Gasteiger partial charge in [-0.1, -0.05) is 29.4 Å². The first-order chi connectivity index (χ1) is 19.2. The molecule has 40 heavy (non-hydrogen) atoms. The molecule has 0 saturated heterocycles. The average molecular weight is 555 g/mol. The lowest BCUT2D eigenvalue weighted by molar-refractivity contribution is -0.274. The first kappa shape index (κ1) is 26.4. The number of halogens is 3. The highest BCUT2D eigenvalue weighted by molar-refractivity contribution is 6.03. The summed E-state index contributed by atoms with van der Waals surface area (Å²) in [5, 5.41) is 14.4. The van der Waals surface area contributed by atoms with Crippen LogP contribution in [0.5, 0.6) is 5.75 Å². The Hall–Kier alpha value is -3.79. The summed E-state index contributed by atoms with van der Waals surface area (Å²) in [5.74, 6) is -0.0271. The zero-order valence-electron chi connectivity index (χ0n) is 21.9. The topological polar surface area (TPSA) is 86.7 Å². The van der Waals surface area contributed by atoms with Gasteiger partial charge in [-0.25, -0.2) is 4.79 Å². The number of aryl methyl sites for hydroxylation is 1. The molecule has 0 unspecified atom stereocenters. The number of carboxylic acid groups (broad SMARTS) is 1. The number of alkyl halides is 3. The summed E-state index contributed by atoms with van der Waals surface area (Å²) in [6.45, 7) is 0.202. The number of rotatable bonds is 8. The molecule has 0 bridgehead atoms. The van der Waals surface area contributed by atoms with E-state index in [0.29, 0.717) is 28.5 Å². The molecule has 6 rings (SSSR count). The van der Waals surface area contributed by atoms with E-state index in [9.17, 15) is 23.1 Å². The second-order valence-corrected chi connectivity index (χ2v) is 10.7. The smallest absolute Gasteiger partial charge is 0.478 e. The molecule has 0 amide bonds. The number of hydrogen-bond donors (Lipinski definition) is 1. The number of carbonyl (C=O) groups is 1. The third kappa shape index (κ3) is 5.32. The predicted octanol–water partition coefficient (Wildman–Crippen LogP) is 7.55. The van der Waals surface area contributed by atoms with Gasteiger partial charge in [0.2, 0.25) is 0 Å². The molecule has 210 valence electrons. The van der Waals surface area contributed by atoms with Crippen LogP contribution in [0.25, 0.3) is 22.2 Å². The van der Waals surface area contributed by atoms with Crippen molar-refractivity contribution in [3.63, 3.8) is 0 Å². The minimum Gasteiger partial charge on any atom is -0.478 e. The van der Waals surface area contributed by atoms with E-state index in [1.54, 1.807) is 18.3 Å². The van der Waals surface area contributed by atoms with Crippen molar-refractivity contribution in [2.45, 2.75) is 69.4 Å². The van der Waals surface area contributed by atoms with Crippen LogP contribution in [0.1, 0.15) is 77.6 Å². The minimum atomic E-state index is -4.82. The Kier molecular flexibility index (Phi) is 6.82. The summed E-state index contributed by atoms with van der Waals surface area (Å²) in [6.07, 6.45) is 2.24. The van der Waals surface area contributed by atoms with Crippen molar-refractivity contribution in [3.05, 3.63) is 71.1 Å². The van der Waals surface area contributed by atoms with Gasteiger partial charge in [-0.15, -0.1) is 13.2 Å². The van der Waals surface area contributed by atoms with Crippen molar-refractivity contribution in [2.24, 2.45) is 7.05 Å². The van der Waals surface area contributed by atoms with E-state index in [2.05, 4.69) is 16.0 Å². The monoisotopic (exact) mass is 554 g/mol. The number of para-hydroxylation sites is 1. The molecule has 7 nitrogen and oxygen atoms in total. The lowest BCUT2D eigenvalue weighted by atomic mass is 9.82. The number of carboxylic acids is 1. The Bertz CT molecular complexity index is 1540. The Labute approximate surface area is 228 Å². The van der Waals surface area contributed by atoms with Gasteiger partial charge < -0.3 is 23.7 Å². The van der Waals surface area contributed by atoms with Gasteiger partial charge in [-0.3, -0.25) is 0 Å². The molecule has 0 aliphatic heterocycles. The van der Waals surface area contributed by atoms with Gasteiger partial charge >= 0.3 is 12.3 Å². The van der Waals surface area contributed by atoms with E-state index >= 15 is 0 Å². The molecule has 2 saturated carbocycles. The number of aromatic nitrogens is 2. The third-order valence-corrected chi connectivity index (χ3v) is 7.99. The highest BCUT2D eigenvalue weighted by atomic mass is 19.4. The van der Waals surface area contributed by atoms with E-state index in [0.717, 1.165) is 49.4 Å². The Balaban J connectivity index is 1.15. The number of aromatic carboxylic acids is 1. The van der Waals surface area contributed by atoms with Gasteiger partial charge in [0.15, 0.2) is 0 Å². The highest BCUT2D eigenvalue weighted by Crippen LogP contribution is 2.46. The molecule has 2 aromatic carbocycles. The fourth-order valence-electron chi connectivity index (χ4n) is 5.80. The normalized spacial score (nSPS) is 19.7. The van der Waals surface area contributed by atoms with E-state index < -0.39 is 12.3 Å². The molecule has 1 N–H and O–H groups in total. The van der Waals surface area contributed by atoms with Gasteiger partial charge in [0, 0.05) is 41.2 Å². The van der Waals surface area contributed by atoms with Crippen LogP contribution in [0.15, 0.2) is 53.2 Å². The van der Waals surface area contributed by atoms with Crippen LogP contribution < -0.4 is 4.74 Å². The van der Waals surface area contributed by atoms with Crippen molar-refractivity contribution in [1.82, 2.24) is 9.72 Å². The maximum absolute atomic E-state index is 13.0. The summed E-state index contributed by atoms with van der Waals surface area (Å²) < 4.78 is 57.2. The van der Waals surface area contributed by atoms with Crippen molar-refractivity contribution < 1.29 is 37.1 Å². The molecule has 2 heterocycles. The Morgan fingerprint density at radius 3 is 2.50 bits per heavy atom. The van der Waals surface area contributed by atoms with Crippen LogP contribution in [-0.2, 0) is 18.4 Å². The van der Waals surface area contributed by atoms with Crippen LogP contribution in [0.3, 0.4) is 0 Å². The largest absolute Gasteiger partial charge is 0.573 e. The maximum atomic E-state index is 13.0. The maximum Gasteiger partial charge on any atom is 0.573 e. The van der Waals surface area contributed by atoms with Crippen LogP contribution in [0.2, 0.25) is 0 Å². The molecule has 0 atom stereocenters. The number of hydrogen-bond acceptors (Lipinski definition) is 5. The fourth-order valence-corrected chi connectivity index (χ4v) is 5.80. The third-order valence-electron chi connectivity index (χ3n) is 7.99. The van der Waals surface area contributed by atoms with Crippen molar-refractivity contribution in [2.75, 3.05) is 0 Å². The molecule has 2 aliphatic rings. The van der Waals surface area contributed by atoms with E-state index in [1.807, 2.05) is 23.7 Å². The van der Waals surface area contributed by atoms with E-state index in [-0.39, 0.29) is 29.9 Å². The molecular weight excluding hydrogens is 525 g/mol. The highest BCUT2D eigenvalue weighted by Gasteiger charge is 2.36. The van der Waals surface area contributed by atoms with Crippen molar-refractivity contribution in [3.8, 4) is 17.0 Å². The van der Waals surface area contributed by atoms with Crippen LogP contribution >= 0.6 is 0 Å². The van der Waals surface area contributed by atoms with Gasteiger partial charge in [0.1, 0.15) is 17.2 Å². The van der Waals surface area contributed by atoms with Gasteiger partial charge in [0.25, 0.3) is 0 Å². The number of fused-ring (bicyclic) bond motifs is 1. The first-order valence-electron chi connectivity index (χ1n) is 13.5. The van der Waals surface area contributed by atoms with E-state index in [4.69, 9.17) is 9.26 Å². The SMILES string of the molecule is Cn1cc(C(=O)O)c2ccc(C3CCC(OCc4c(-c5ccccc5OC(F)(F)F)noc4C4CC4)CC3)cc21. The number of ether oxygens (including phenoxy) is 2. The zero-order valence-corrected chi connectivity index (χ0v) is 21.9. The van der Waals surface area contributed by atoms with Gasteiger partial charge in [0.05, 0.1) is 18.3 Å².